The van der Waals surface area contributed by atoms with Gasteiger partial charge in [-0.15, -0.1) is 0 Å². The van der Waals surface area contributed by atoms with Crippen LogP contribution in [0, 0.1) is 0 Å². The molecular weight excluding hydrogens is 216 g/mol. The lowest BCUT2D eigenvalue weighted by atomic mass is 10.2. The van der Waals surface area contributed by atoms with Crippen molar-refractivity contribution in [3.63, 3.8) is 0 Å². The molecule has 0 aromatic heterocycles. The Hall–Kier alpha value is -1.39. The summed E-state index contributed by atoms with van der Waals surface area (Å²) in [7, 11) is 0. The van der Waals surface area contributed by atoms with E-state index in [1.807, 2.05) is 30.3 Å². The van der Waals surface area contributed by atoms with Crippen LogP contribution in [0.5, 0.6) is 0 Å². The molecule has 1 aromatic rings. The number of carbonyl (C=O) groups is 1. The Bertz CT molecular complexity index is 348. The van der Waals surface area contributed by atoms with Crippen molar-refractivity contribution in [1.29, 1.82) is 0 Å². The van der Waals surface area contributed by atoms with Gasteiger partial charge in [0, 0.05) is 6.54 Å². The molecule has 0 bridgehead atoms. The standard InChI is InChI=1S/C13H18N2O2/c16-13(11-15-6-8-17-9-7-15)14-10-12-4-2-1-3-5-12/h1-5H,6-11H2,(H,14,16)/p+1. The highest BCUT2D eigenvalue weighted by atomic mass is 16.5. The van der Waals surface area contributed by atoms with Gasteiger partial charge in [-0.25, -0.2) is 0 Å². The second-order valence-electron chi connectivity index (χ2n) is 4.30. The highest BCUT2D eigenvalue weighted by Crippen LogP contribution is 1.96. The van der Waals surface area contributed by atoms with Crippen molar-refractivity contribution in [3.05, 3.63) is 35.9 Å². The van der Waals surface area contributed by atoms with Gasteiger partial charge in [0.15, 0.2) is 6.54 Å². The van der Waals surface area contributed by atoms with Gasteiger partial charge in [0.25, 0.3) is 5.91 Å². The third kappa shape index (κ3) is 4.17. The van der Waals surface area contributed by atoms with Crippen LogP contribution in [0.3, 0.4) is 0 Å². The molecule has 1 fully saturated rings. The van der Waals surface area contributed by atoms with E-state index in [9.17, 15) is 4.79 Å². The summed E-state index contributed by atoms with van der Waals surface area (Å²) in [5.74, 6) is 0.116. The Kier molecular flexibility index (Phi) is 4.53. The zero-order valence-corrected chi connectivity index (χ0v) is 9.95. The zero-order valence-electron chi connectivity index (χ0n) is 9.95. The molecule has 0 radical (unpaired) electrons. The summed E-state index contributed by atoms with van der Waals surface area (Å²) in [6.07, 6.45) is 0. The summed E-state index contributed by atoms with van der Waals surface area (Å²) in [4.78, 5) is 13.0. The van der Waals surface area contributed by atoms with Gasteiger partial charge in [0.1, 0.15) is 13.1 Å². The lowest BCUT2D eigenvalue weighted by Crippen LogP contribution is -3.15. The number of morpholine rings is 1. The molecule has 0 spiro atoms. The molecule has 4 heteroatoms. The average molecular weight is 235 g/mol. The molecule has 1 aliphatic heterocycles. The molecule has 1 saturated heterocycles. The first-order valence-electron chi connectivity index (χ1n) is 6.06. The smallest absolute Gasteiger partial charge is 0.275 e. The minimum atomic E-state index is 0.116. The molecule has 0 atom stereocenters. The number of amides is 1. The Morgan fingerprint density at radius 2 is 1.94 bits per heavy atom. The lowest BCUT2D eigenvalue weighted by molar-refractivity contribution is -0.900. The van der Waals surface area contributed by atoms with Crippen molar-refractivity contribution >= 4 is 5.91 Å². The van der Waals surface area contributed by atoms with Gasteiger partial charge in [-0.3, -0.25) is 4.79 Å². The first kappa shape index (κ1) is 12.1. The number of ether oxygens (including phenoxy) is 1. The summed E-state index contributed by atoms with van der Waals surface area (Å²) in [6.45, 7) is 4.56. The molecule has 2 N–H and O–H groups in total. The van der Waals surface area contributed by atoms with Crippen LogP contribution in [0.1, 0.15) is 5.56 Å². The predicted molar refractivity (Wildman–Crippen MR) is 64.7 cm³/mol. The molecular formula is C13H19N2O2+. The molecule has 4 nitrogen and oxygen atoms in total. The van der Waals surface area contributed by atoms with Crippen LogP contribution in [-0.2, 0) is 16.1 Å². The molecule has 1 aromatic carbocycles. The van der Waals surface area contributed by atoms with Crippen molar-refractivity contribution in [3.8, 4) is 0 Å². The van der Waals surface area contributed by atoms with Crippen LogP contribution in [0.25, 0.3) is 0 Å². The number of quaternary nitrogens is 1. The first-order valence-corrected chi connectivity index (χ1v) is 6.06. The summed E-state index contributed by atoms with van der Waals surface area (Å²) in [5, 5.41) is 2.95. The molecule has 0 saturated carbocycles. The molecule has 2 rings (SSSR count). The number of rotatable bonds is 4. The van der Waals surface area contributed by atoms with E-state index in [4.69, 9.17) is 4.74 Å². The van der Waals surface area contributed by atoms with E-state index in [2.05, 4.69) is 5.32 Å². The summed E-state index contributed by atoms with van der Waals surface area (Å²) in [6, 6.07) is 9.97. The molecule has 0 aliphatic carbocycles. The monoisotopic (exact) mass is 235 g/mol. The topological polar surface area (TPSA) is 42.8 Å². The Morgan fingerprint density at radius 3 is 2.65 bits per heavy atom. The Morgan fingerprint density at radius 1 is 1.24 bits per heavy atom. The van der Waals surface area contributed by atoms with Crippen LogP contribution in [0.15, 0.2) is 30.3 Å². The highest BCUT2D eigenvalue weighted by Gasteiger charge is 2.16. The predicted octanol–water partition coefficient (Wildman–Crippen LogP) is -0.782. The molecule has 92 valence electrons. The van der Waals surface area contributed by atoms with Gasteiger partial charge in [-0.05, 0) is 5.56 Å². The van der Waals surface area contributed by atoms with Crippen molar-refractivity contribution in [2.45, 2.75) is 6.54 Å². The van der Waals surface area contributed by atoms with E-state index in [1.54, 1.807) is 0 Å². The van der Waals surface area contributed by atoms with Gasteiger partial charge >= 0.3 is 0 Å². The van der Waals surface area contributed by atoms with E-state index in [-0.39, 0.29) is 5.91 Å². The van der Waals surface area contributed by atoms with Gasteiger partial charge in [0.05, 0.1) is 13.2 Å². The third-order valence-electron chi connectivity index (χ3n) is 2.94. The van der Waals surface area contributed by atoms with Crippen molar-refractivity contribution in [1.82, 2.24) is 5.32 Å². The van der Waals surface area contributed by atoms with Crippen molar-refractivity contribution < 1.29 is 14.4 Å². The maximum Gasteiger partial charge on any atom is 0.275 e. The summed E-state index contributed by atoms with van der Waals surface area (Å²) >= 11 is 0. The number of hydrogen-bond donors (Lipinski definition) is 2. The second-order valence-corrected chi connectivity index (χ2v) is 4.30. The maximum absolute atomic E-state index is 11.7. The number of carbonyl (C=O) groups excluding carboxylic acids is 1. The molecule has 17 heavy (non-hydrogen) atoms. The Balaban J connectivity index is 1.70. The normalized spacial score (nSPS) is 16.7. The fraction of sp³-hybridized carbons (Fsp3) is 0.462. The van der Waals surface area contributed by atoms with E-state index in [0.29, 0.717) is 13.1 Å². The minimum absolute atomic E-state index is 0.116. The third-order valence-corrected chi connectivity index (χ3v) is 2.94. The second kappa shape index (κ2) is 6.37. The molecule has 1 amide bonds. The summed E-state index contributed by atoms with van der Waals surface area (Å²) in [5.41, 5.74) is 1.14. The first-order chi connectivity index (χ1) is 8.34. The minimum Gasteiger partial charge on any atom is -0.370 e. The number of hydrogen-bond acceptors (Lipinski definition) is 2. The summed E-state index contributed by atoms with van der Waals surface area (Å²) < 4.78 is 5.26. The van der Waals surface area contributed by atoms with Gasteiger partial charge in [0.2, 0.25) is 0 Å². The van der Waals surface area contributed by atoms with E-state index < -0.39 is 0 Å². The largest absolute Gasteiger partial charge is 0.370 e. The quantitative estimate of drug-likeness (QED) is 0.719. The van der Waals surface area contributed by atoms with E-state index in [1.165, 1.54) is 4.90 Å². The van der Waals surface area contributed by atoms with Gasteiger partial charge in [-0.2, -0.15) is 0 Å². The van der Waals surface area contributed by atoms with Crippen molar-refractivity contribution in [2.24, 2.45) is 0 Å². The number of benzene rings is 1. The fourth-order valence-corrected chi connectivity index (χ4v) is 1.92. The SMILES string of the molecule is O=C(C[NH+]1CCOCC1)NCc1ccccc1. The van der Waals surface area contributed by atoms with E-state index in [0.717, 1.165) is 31.9 Å². The van der Waals surface area contributed by atoms with Crippen LogP contribution < -0.4 is 10.2 Å². The zero-order chi connectivity index (χ0) is 11.9. The van der Waals surface area contributed by atoms with E-state index >= 15 is 0 Å². The van der Waals surface area contributed by atoms with Crippen LogP contribution in [-0.4, -0.2) is 38.8 Å². The Labute approximate surface area is 102 Å². The lowest BCUT2D eigenvalue weighted by Gasteiger charge is -2.23. The molecule has 0 unspecified atom stereocenters. The van der Waals surface area contributed by atoms with Crippen LogP contribution in [0.2, 0.25) is 0 Å². The average Bonchev–Trinajstić information content (AvgIpc) is 2.39. The van der Waals surface area contributed by atoms with Crippen molar-refractivity contribution in [2.75, 3.05) is 32.8 Å². The van der Waals surface area contributed by atoms with Gasteiger partial charge < -0.3 is 15.0 Å². The van der Waals surface area contributed by atoms with Gasteiger partial charge in [-0.1, -0.05) is 30.3 Å². The van der Waals surface area contributed by atoms with Crippen LogP contribution >= 0.6 is 0 Å². The molecule has 1 heterocycles. The number of nitrogens with one attached hydrogen (secondary N) is 2. The maximum atomic E-state index is 11.7. The van der Waals surface area contributed by atoms with Crippen LogP contribution in [0.4, 0.5) is 0 Å². The fourth-order valence-electron chi connectivity index (χ4n) is 1.92. The molecule has 1 aliphatic rings. The highest BCUT2D eigenvalue weighted by molar-refractivity contribution is 5.76.